The van der Waals surface area contributed by atoms with Gasteiger partial charge < -0.3 is 19.7 Å². The quantitative estimate of drug-likeness (QED) is 0.545. The normalized spacial score (nSPS) is 20.9. The number of aromatic nitrogens is 2. The Bertz CT molecular complexity index is 790. The van der Waals surface area contributed by atoms with Crippen molar-refractivity contribution in [2.45, 2.75) is 64.1 Å². The fraction of sp³-hybridized carbons (Fsp3) is 0.840. The van der Waals surface area contributed by atoms with Crippen LogP contribution in [-0.2, 0) is 33.9 Å². The van der Waals surface area contributed by atoms with Crippen molar-refractivity contribution >= 4 is 5.91 Å². The van der Waals surface area contributed by atoms with Gasteiger partial charge in [-0.2, -0.15) is 5.10 Å². The first-order valence-electron chi connectivity index (χ1n) is 12.7. The molecule has 4 rings (SSSR count). The number of hydrogen-bond acceptors (Lipinski definition) is 6. The van der Waals surface area contributed by atoms with Crippen LogP contribution in [0, 0.1) is 11.3 Å². The molecular weight excluding hydrogens is 418 g/mol. The van der Waals surface area contributed by atoms with E-state index in [-0.39, 0.29) is 11.3 Å². The number of carbonyl (C=O) groups is 1. The zero-order valence-corrected chi connectivity index (χ0v) is 21.1. The van der Waals surface area contributed by atoms with E-state index >= 15 is 0 Å². The second-order valence-corrected chi connectivity index (χ2v) is 10.5. The first-order chi connectivity index (χ1) is 16.0. The molecule has 0 atom stereocenters. The molecule has 2 heterocycles. The van der Waals surface area contributed by atoms with Gasteiger partial charge in [0.1, 0.15) is 0 Å². The topological polar surface area (TPSA) is 71.9 Å². The number of nitrogens with zero attached hydrogens (tertiary/aromatic N) is 4. The third-order valence-electron chi connectivity index (χ3n) is 7.85. The molecule has 0 saturated heterocycles. The van der Waals surface area contributed by atoms with Crippen LogP contribution in [0.1, 0.15) is 61.4 Å². The molecule has 0 radical (unpaired) electrons. The first-order valence-corrected chi connectivity index (χ1v) is 12.7. The van der Waals surface area contributed by atoms with Crippen molar-refractivity contribution in [2.24, 2.45) is 11.3 Å². The van der Waals surface area contributed by atoms with Gasteiger partial charge in [0.2, 0.25) is 5.91 Å². The van der Waals surface area contributed by atoms with Crippen LogP contribution in [0.5, 0.6) is 0 Å². The standard InChI is InChI=1S/C25H43N5O3/c1-26-11-12-28(2)15-21-23(19-7-9-25(10-8-19,17-32-3)18-33-4)22-16-29(13-14-30(22)27-21)24(31)20-5-6-20/h19-20,26H,5-18H2,1-4H3. The summed E-state index contributed by atoms with van der Waals surface area (Å²) in [6, 6.07) is 0. The number of amides is 1. The highest BCUT2D eigenvalue weighted by Crippen LogP contribution is 2.46. The molecule has 2 aliphatic carbocycles. The molecule has 1 aliphatic heterocycles. The molecule has 2 fully saturated rings. The van der Waals surface area contributed by atoms with Crippen LogP contribution in [0.15, 0.2) is 0 Å². The maximum Gasteiger partial charge on any atom is 0.226 e. The zero-order valence-electron chi connectivity index (χ0n) is 21.1. The van der Waals surface area contributed by atoms with E-state index in [4.69, 9.17) is 14.6 Å². The zero-order chi connectivity index (χ0) is 23.4. The lowest BCUT2D eigenvalue weighted by Crippen LogP contribution is -2.40. The van der Waals surface area contributed by atoms with Gasteiger partial charge in [0, 0.05) is 57.3 Å². The van der Waals surface area contributed by atoms with E-state index in [0.717, 1.165) is 91.0 Å². The van der Waals surface area contributed by atoms with E-state index in [9.17, 15) is 4.79 Å². The molecule has 0 aromatic carbocycles. The highest BCUT2D eigenvalue weighted by Gasteiger charge is 2.40. The average Bonchev–Trinajstić information content (AvgIpc) is 3.60. The Kier molecular flexibility index (Phi) is 8.10. The molecule has 1 amide bonds. The number of carbonyl (C=O) groups excluding carboxylic acids is 1. The lowest BCUT2D eigenvalue weighted by atomic mass is 9.69. The summed E-state index contributed by atoms with van der Waals surface area (Å²) >= 11 is 0. The predicted molar refractivity (Wildman–Crippen MR) is 128 cm³/mol. The van der Waals surface area contributed by atoms with Crippen molar-refractivity contribution < 1.29 is 14.3 Å². The van der Waals surface area contributed by atoms with Gasteiger partial charge in [-0.05, 0) is 58.5 Å². The van der Waals surface area contributed by atoms with Gasteiger partial charge in [0.25, 0.3) is 0 Å². The third-order valence-corrected chi connectivity index (χ3v) is 7.85. The number of methoxy groups -OCH3 is 2. The molecule has 0 unspecified atom stereocenters. The van der Waals surface area contributed by atoms with Gasteiger partial charge in [-0.1, -0.05) is 0 Å². The van der Waals surface area contributed by atoms with Crippen LogP contribution < -0.4 is 5.32 Å². The summed E-state index contributed by atoms with van der Waals surface area (Å²) in [5.74, 6) is 1.11. The van der Waals surface area contributed by atoms with Crippen molar-refractivity contribution in [3.05, 3.63) is 17.0 Å². The molecule has 1 N–H and O–H groups in total. The van der Waals surface area contributed by atoms with E-state index < -0.39 is 0 Å². The summed E-state index contributed by atoms with van der Waals surface area (Å²) in [6.45, 7) is 6.62. The molecule has 8 nitrogen and oxygen atoms in total. The second kappa shape index (κ2) is 10.8. The Morgan fingerprint density at radius 2 is 1.85 bits per heavy atom. The van der Waals surface area contributed by atoms with Gasteiger partial charge >= 0.3 is 0 Å². The minimum absolute atomic E-state index is 0.116. The number of nitrogens with one attached hydrogen (secondary N) is 1. The Morgan fingerprint density at radius 3 is 2.45 bits per heavy atom. The summed E-state index contributed by atoms with van der Waals surface area (Å²) in [7, 11) is 7.75. The van der Waals surface area contributed by atoms with Gasteiger partial charge in [0.05, 0.1) is 37.7 Å². The molecule has 186 valence electrons. The van der Waals surface area contributed by atoms with E-state index in [2.05, 4.69) is 26.8 Å². The molecule has 1 aromatic heterocycles. The largest absolute Gasteiger partial charge is 0.384 e. The van der Waals surface area contributed by atoms with Crippen molar-refractivity contribution in [1.82, 2.24) is 24.9 Å². The third kappa shape index (κ3) is 5.61. The summed E-state index contributed by atoms with van der Waals surface area (Å²) in [4.78, 5) is 17.3. The monoisotopic (exact) mass is 461 g/mol. The maximum absolute atomic E-state index is 12.8. The van der Waals surface area contributed by atoms with Crippen LogP contribution in [0.4, 0.5) is 0 Å². The molecule has 8 heteroatoms. The van der Waals surface area contributed by atoms with Gasteiger partial charge in [0.15, 0.2) is 0 Å². The number of ether oxygens (including phenoxy) is 2. The Hall–Kier alpha value is -1.48. The fourth-order valence-corrected chi connectivity index (χ4v) is 5.86. The van der Waals surface area contributed by atoms with E-state index in [1.165, 1.54) is 17.0 Å². The lowest BCUT2D eigenvalue weighted by molar-refractivity contribution is -0.134. The Morgan fingerprint density at radius 1 is 1.15 bits per heavy atom. The molecule has 33 heavy (non-hydrogen) atoms. The first kappa shape index (κ1) is 24.6. The van der Waals surface area contributed by atoms with E-state index in [0.29, 0.717) is 11.8 Å². The molecule has 1 aromatic rings. The highest BCUT2D eigenvalue weighted by molar-refractivity contribution is 5.81. The van der Waals surface area contributed by atoms with E-state index in [1.807, 2.05) is 7.05 Å². The summed E-state index contributed by atoms with van der Waals surface area (Å²) in [5, 5.41) is 8.35. The predicted octanol–water partition coefficient (Wildman–Crippen LogP) is 2.22. The summed E-state index contributed by atoms with van der Waals surface area (Å²) in [6.07, 6.45) is 6.57. The number of fused-ring (bicyclic) bond motifs is 1. The minimum Gasteiger partial charge on any atom is -0.384 e. The smallest absolute Gasteiger partial charge is 0.226 e. The average molecular weight is 462 g/mol. The number of likely N-dealkylation sites (N-methyl/N-ethyl adjacent to an activating group) is 2. The SMILES string of the molecule is CNCCN(C)Cc1nn2c(c1C1CCC(COC)(COC)CC1)CN(C(=O)C1CC1)CC2. The van der Waals surface area contributed by atoms with Crippen molar-refractivity contribution in [2.75, 3.05) is 61.2 Å². The van der Waals surface area contributed by atoms with E-state index in [1.54, 1.807) is 14.2 Å². The summed E-state index contributed by atoms with van der Waals surface area (Å²) in [5.41, 5.74) is 4.02. The molecular formula is C25H43N5O3. The number of hydrogen-bond donors (Lipinski definition) is 1. The second-order valence-electron chi connectivity index (χ2n) is 10.5. The Labute approximate surface area is 199 Å². The maximum atomic E-state index is 12.8. The van der Waals surface area contributed by atoms with Gasteiger partial charge in [-0.3, -0.25) is 14.4 Å². The summed E-state index contributed by atoms with van der Waals surface area (Å²) < 4.78 is 13.4. The fourth-order valence-electron chi connectivity index (χ4n) is 5.86. The van der Waals surface area contributed by atoms with Crippen LogP contribution in [-0.4, -0.2) is 86.7 Å². The van der Waals surface area contributed by atoms with Crippen molar-refractivity contribution in [1.29, 1.82) is 0 Å². The van der Waals surface area contributed by atoms with Crippen molar-refractivity contribution in [3.8, 4) is 0 Å². The van der Waals surface area contributed by atoms with Gasteiger partial charge in [-0.25, -0.2) is 0 Å². The minimum atomic E-state index is 0.116. The number of rotatable bonds is 11. The highest BCUT2D eigenvalue weighted by atomic mass is 16.5. The lowest BCUT2D eigenvalue weighted by Gasteiger charge is -2.40. The molecule has 3 aliphatic rings. The van der Waals surface area contributed by atoms with Crippen molar-refractivity contribution in [3.63, 3.8) is 0 Å². The van der Waals surface area contributed by atoms with Crippen LogP contribution in [0.25, 0.3) is 0 Å². The van der Waals surface area contributed by atoms with Crippen LogP contribution >= 0.6 is 0 Å². The van der Waals surface area contributed by atoms with Crippen LogP contribution in [0.2, 0.25) is 0 Å². The van der Waals surface area contributed by atoms with Gasteiger partial charge in [-0.15, -0.1) is 0 Å². The van der Waals surface area contributed by atoms with Crippen LogP contribution in [0.3, 0.4) is 0 Å². The molecule has 0 bridgehead atoms. The molecule has 0 spiro atoms. The Balaban J connectivity index is 1.57. The molecule has 2 saturated carbocycles.